The summed E-state index contributed by atoms with van der Waals surface area (Å²) in [5, 5.41) is 3.55. The fraction of sp³-hybridized carbons (Fsp3) is 0.941. The van der Waals surface area contributed by atoms with E-state index in [-0.39, 0.29) is 5.97 Å². The summed E-state index contributed by atoms with van der Waals surface area (Å²) in [6.07, 6.45) is 4.59. The molecule has 0 aromatic heterocycles. The minimum absolute atomic E-state index is 0.0635. The predicted molar refractivity (Wildman–Crippen MR) is 85.1 cm³/mol. The van der Waals surface area contributed by atoms with Crippen molar-refractivity contribution in [2.75, 3.05) is 33.3 Å². The molecule has 0 amide bonds. The van der Waals surface area contributed by atoms with E-state index in [9.17, 15) is 4.79 Å². The van der Waals surface area contributed by atoms with Gasteiger partial charge in [0.2, 0.25) is 0 Å². The Morgan fingerprint density at radius 2 is 2.10 bits per heavy atom. The molecule has 0 spiro atoms. The highest BCUT2D eigenvalue weighted by Crippen LogP contribution is 2.41. The van der Waals surface area contributed by atoms with Gasteiger partial charge in [-0.05, 0) is 56.5 Å². The fourth-order valence-corrected chi connectivity index (χ4v) is 3.64. The van der Waals surface area contributed by atoms with Gasteiger partial charge in [-0.25, -0.2) is 4.79 Å². The normalized spacial score (nSPS) is 26.0. The Balaban J connectivity index is 2.06. The summed E-state index contributed by atoms with van der Waals surface area (Å²) in [5.41, 5.74) is -0.476. The highest BCUT2D eigenvalue weighted by molar-refractivity contribution is 5.82. The van der Waals surface area contributed by atoms with Crippen LogP contribution in [0.3, 0.4) is 0 Å². The Hall–Kier alpha value is -0.610. The van der Waals surface area contributed by atoms with Gasteiger partial charge < -0.3 is 15.0 Å². The molecule has 2 fully saturated rings. The Kier molecular flexibility index (Phi) is 5.67. The molecule has 1 saturated heterocycles. The number of ether oxygens (including phenoxy) is 1. The molecule has 1 heterocycles. The minimum atomic E-state index is -0.476. The van der Waals surface area contributed by atoms with E-state index in [2.05, 4.69) is 31.0 Å². The second kappa shape index (κ2) is 7.10. The van der Waals surface area contributed by atoms with Crippen molar-refractivity contribution in [3.63, 3.8) is 0 Å². The maximum absolute atomic E-state index is 12.5. The molecule has 0 aromatic rings. The number of nitrogens with one attached hydrogen (secondary N) is 1. The lowest BCUT2D eigenvalue weighted by Crippen LogP contribution is -2.61. The van der Waals surface area contributed by atoms with Crippen molar-refractivity contribution in [2.45, 2.75) is 52.0 Å². The number of carbonyl (C=O) groups is 1. The van der Waals surface area contributed by atoms with E-state index in [1.54, 1.807) is 0 Å². The quantitative estimate of drug-likeness (QED) is 0.698. The third-order valence-corrected chi connectivity index (χ3v) is 5.24. The Bertz CT molecular complexity index is 355. The van der Waals surface area contributed by atoms with E-state index in [4.69, 9.17) is 4.74 Å². The van der Waals surface area contributed by atoms with Crippen LogP contribution in [0.5, 0.6) is 0 Å². The van der Waals surface area contributed by atoms with Gasteiger partial charge in [0.1, 0.15) is 5.54 Å². The maximum Gasteiger partial charge on any atom is 0.327 e. The van der Waals surface area contributed by atoms with Gasteiger partial charge in [-0.15, -0.1) is 0 Å². The number of likely N-dealkylation sites (tertiary alicyclic amines) is 1. The zero-order valence-corrected chi connectivity index (χ0v) is 14.2. The minimum Gasteiger partial charge on any atom is -0.468 e. The fourth-order valence-electron chi connectivity index (χ4n) is 3.64. The Labute approximate surface area is 129 Å². The molecule has 2 atom stereocenters. The van der Waals surface area contributed by atoms with Gasteiger partial charge in [0.05, 0.1) is 7.11 Å². The highest BCUT2D eigenvalue weighted by atomic mass is 16.5. The van der Waals surface area contributed by atoms with Crippen molar-refractivity contribution in [1.29, 1.82) is 0 Å². The molecule has 0 aromatic carbocycles. The van der Waals surface area contributed by atoms with Crippen LogP contribution in [-0.2, 0) is 9.53 Å². The number of esters is 1. The van der Waals surface area contributed by atoms with Gasteiger partial charge >= 0.3 is 5.97 Å². The molecule has 21 heavy (non-hydrogen) atoms. The van der Waals surface area contributed by atoms with Crippen LogP contribution in [0.1, 0.15) is 46.5 Å². The predicted octanol–water partition coefficient (Wildman–Crippen LogP) is 2.29. The molecule has 2 unspecified atom stereocenters. The first kappa shape index (κ1) is 16.8. The molecular weight excluding hydrogens is 264 g/mol. The average molecular weight is 296 g/mol. The van der Waals surface area contributed by atoms with Gasteiger partial charge in [-0.3, -0.25) is 0 Å². The van der Waals surface area contributed by atoms with Crippen LogP contribution in [0.15, 0.2) is 0 Å². The van der Waals surface area contributed by atoms with Gasteiger partial charge in [-0.2, -0.15) is 0 Å². The number of rotatable bonds is 8. The molecule has 4 nitrogen and oxygen atoms in total. The lowest BCUT2D eigenvalue weighted by atomic mass is 9.91. The zero-order valence-electron chi connectivity index (χ0n) is 14.2. The number of nitrogens with zero attached hydrogens (tertiary/aromatic N) is 1. The highest BCUT2D eigenvalue weighted by Gasteiger charge is 2.52. The van der Waals surface area contributed by atoms with Crippen molar-refractivity contribution in [3.8, 4) is 0 Å². The van der Waals surface area contributed by atoms with Crippen LogP contribution >= 0.6 is 0 Å². The smallest absolute Gasteiger partial charge is 0.327 e. The molecule has 1 aliphatic heterocycles. The summed E-state index contributed by atoms with van der Waals surface area (Å²) in [6.45, 7) is 10.7. The van der Waals surface area contributed by atoms with Gasteiger partial charge in [0.25, 0.3) is 0 Å². The summed E-state index contributed by atoms with van der Waals surface area (Å²) in [4.78, 5) is 15.0. The molecule has 2 aliphatic rings. The number of hydrogen-bond acceptors (Lipinski definition) is 4. The second-order valence-corrected chi connectivity index (χ2v) is 7.19. The summed E-state index contributed by atoms with van der Waals surface area (Å²) in [6, 6.07) is 0. The van der Waals surface area contributed by atoms with Crippen molar-refractivity contribution >= 4 is 5.97 Å². The van der Waals surface area contributed by atoms with Crippen molar-refractivity contribution in [3.05, 3.63) is 0 Å². The van der Waals surface area contributed by atoms with Crippen molar-refractivity contribution < 1.29 is 9.53 Å². The number of hydrogen-bond donors (Lipinski definition) is 1. The second-order valence-electron chi connectivity index (χ2n) is 7.19. The monoisotopic (exact) mass is 296 g/mol. The van der Waals surface area contributed by atoms with Gasteiger partial charge in [0, 0.05) is 13.1 Å². The van der Waals surface area contributed by atoms with Gasteiger partial charge in [-0.1, -0.05) is 20.8 Å². The average Bonchev–Trinajstić information content (AvgIpc) is 3.22. The SMILES string of the molecule is CCCNC(CN1CCC(C(C)C)C1)(C(=O)OC)C1CC1. The molecule has 1 aliphatic carbocycles. The van der Waals surface area contributed by atoms with Crippen molar-refractivity contribution in [1.82, 2.24) is 10.2 Å². The summed E-state index contributed by atoms with van der Waals surface area (Å²) in [5.74, 6) is 1.89. The molecule has 2 rings (SSSR count). The van der Waals surface area contributed by atoms with Crippen LogP contribution in [-0.4, -0.2) is 49.7 Å². The van der Waals surface area contributed by atoms with E-state index in [1.807, 2.05) is 0 Å². The molecule has 1 N–H and O–H groups in total. The van der Waals surface area contributed by atoms with Gasteiger partial charge in [0.15, 0.2) is 0 Å². The molecule has 4 heteroatoms. The first-order valence-corrected chi connectivity index (χ1v) is 8.59. The Morgan fingerprint density at radius 3 is 2.57 bits per heavy atom. The van der Waals surface area contributed by atoms with Crippen LogP contribution in [0.2, 0.25) is 0 Å². The van der Waals surface area contributed by atoms with Crippen LogP contribution in [0, 0.1) is 17.8 Å². The lowest BCUT2D eigenvalue weighted by molar-refractivity contribution is -0.150. The molecular formula is C17H32N2O2. The van der Waals surface area contributed by atoms with E-state index in [1.165, 1.54) is 13.5 Å². The number of methoxy groups -OCH3 is 1. The van der Waals surface area contributed by atoms with Crippen LogP contribution in [0.25, 0.3) is 0 Å². The third kappa shape index (κ3) is 3.78. The lowest BCUT2D eigenvalue weighted by Gasteiger charge is -2.36. The maximum atomic E-state index is 12.5. The van der Waals surface area contributed by atoms with E-state index in [0.717, 1.165) is 57.3 Å². The summed E-state index contributed by atoms with van der Waals surface area (Å²) in [7, 11) is 1.52. The third-order valence-electron chi connectivity index (χ3n) is 5.24. The van der Waals surface area contributed by atoms with Crippen molar-refractivity contribution in [2.24, 2.45) is 17.8 Å². The summed E-state index contributed by atoms with van der Waals surface area (Å²) >= 11 is 0. The first-order chi connectivity index (χ1) is 10.0. The zero-order chi connectivity index (χ0) is 15.5. The van der Waals surface area contributed by atoms with E-state index in [0.29, 0.717) is 5.92 Å². The van der Waals surface area contributed by atoms with Crippen LogP contribution in [0.4, 0.5) is 0 Å². The number of carbonyl (C=O) groups excluding carboxylic acids is 1. The standard InChI is InChI=1S/C17H32N2O2/c1-5-9-18-17(15-6-7-15,16(20)21-4)12-19-10-8-14(11-19)13(2)3/h13-15,18H,5-12H2,1-4H3. The summed E-state index contributed by atoms with van der Waals surface area (Å²) < 4.78 is 5.17. The largest absolute Gasteiger partial charge is 0.468 e. The van der Waals surface area contributed by atoms with E-state index < -0.39 is 5.54 Å². The van der Waals surface area contributed by atoms with E-state index >= 15 is 0 Å². The topological polar surface area (TPSA) is 41.6 Å². The van der Waals surface area contributed by atoms with Crippen LogP contribution < -0.4 is 5.32 Å². The molecule has 122 valence electrons. The first-order valence-electron chi connectivity index (χ1n) is 8.59. The molecule has 0 bridgehead atoms. The Morgan fingerprint density at radius 1 is 1.38 bits per heavy atom. The molecule has 0 radical (unpaired) electrons. The molecule has 1 saturated carbocycles.